The summed E-state index contributed by atoms with van der Waals surface area (Å²) in [6.45, 7) is 5.06. The molecular weight excluding hydrogens is 388 g/mol. The summed E-state index contributed by atoms with van der Waals surface area (Å²) in [6.07, 6.45) is 7.49. The normalized spacial score (nSPS) is 21.0. The van der Waals surface area contributed by atoms with Crippen molar-refractivity contribution in [2.24, 2.45) is 0 Å². The number of rotatable bonds is 4. The van der Waals surface area contributed by atoms with Crippen LogP contribution >= 0.6 is 12.4 Å². The molecule has 152 valence electrons. The van der Waals surface area contributed by atoms with Gasteiger partial charge in [-0.05, 0) is 44.5 Å². The maximum absolute atomic E-state index is 6.09. The summed E-state index contributed by atoms with van der Waals surface area (Å²) in [7, 11) is 0. The number of nitrogens with zero attached hydrogens (tertiary/aromatic N) is 4. The smallest absolute Gasteiger partial charge is 0.166 e. The third kappa shape index (κ3) is 3.45. The Morgan fingerprint density at radius 3 is 2.93 bits per heavy atom. The highest BCUT2D eigenvalue weighted by Gasteiger charge is 2.42. The van der Waals surface area contributed by atoms with Gasteiger partial charge in [0.05, 0.1) is 5.69 Å². The van der Waals surface area contributed by atoms with Crippen molar-refractivity contribution in [1.29, 1.82) is 0 Å². The Labute approximate surface area is 176 Å². The number of nitrogen functional groups attached to an aromatic ring is 1. The van der Waals surface area contributed by atoms with Crippen LogP contribution in [0.15, 0.2) is 42.9 Å². The molecule has 2 atom stereocenters. The highest BCUT2D eigenvalue weighted by atomic mass is 35.5. The second kappa shape index (κ2) is 7.65. The first kappa shape index (κ1) is 19.7. The van der Waals surface area contributed by atoms with Gasteiger partial charge in [0, 0.05) is 53.9 Å². The number of nitrogens with two attached hydrogens (primary N) is 1. The van der Waals surface area contributed by atoms with E-state index in [1.807, 2.05) is 25.1 Å². The van der Waals surface area contributed by atoms with Crippen LogP contribution in [-0.2, 0) is 12.0 Å². The molecule has 0 bridgehead atoms. The zero-order chi connectivity index (χ0) is 19.1. The topological polar surface area (TPSA) is 90.9 Å². The molecule has 3 N–H and O–H groups in total. The fourth-order valence-electron chi connectivity index (χ4n) is 4.34. The molecule has 3 aromatic rings. The largest absolute Gasteiger partial charge is 0.482 e. The van der Waals surface area contributed by atoms with Crippen molar-refractivity contribution in [2.45, 2.75) is 37.8 Å². The van der Waals surface area contributed by atoms with Gasteiger partial charge in [-0.3, -0.25) is 9.67 Å². The van der Waals surface area contributed by atoms with Gasteiger partial charge in [0.1, 0.15) is 6.10 Å². The number of fused-ring (bicyclic) bond motifs is 2. The van der Waals surface area contributed by atoms with E-state index in [1.165, 1.54) is 18.5 Å². The van der Waals surface area contributed by atoms with E-state index in [0.717, 1.165) is 36.5 Å². The average Bonchev–Trinajstić information content (AvgIpc) is 3.43. The number of aromatic nitrogens is 4. The van der Waals surface area contributed by atoms with Gasteiger partial charge in [0.2, 0.25) is 0 Å². The first-order chi connectivity index (χ1) is 13.6. The van der Waals surface area contributed by atoms with E-state index < -0.39 is 0 Å². The fraction of sp³-hybridized carbons (Fsp3) is 0.381. The third-order valence-corrected chi connectivity index (χ3v) is 6.00. The highest BCUT2D eigenvalue weighted by Crippen LogP contribution is 2.41. The van der Waals surface area contributed by atoms with Crippen LogP contribution in [-0.4, -0.2) is 32.8 Å². The van der Waals surface area contributed by atoms with Crippen LogP contribution in [0, 0.1) is 0 Å². The van der Waals surface area contributed by atoms with Gasteiger partial charge < -0.3 is 15.8 Å². The summed E-state index contributed by atoms with van der Waals surface area (Å²) >= 11 is 0. The van der Waals surface area contributed by atoms with Crippen LogP contribution in [0.2, 0.25) is 0 Å². The molecule has 2 unspecified atom stereocenters. The monoisotopic (exact) mass is 412 g/mol. The van der Waals surface area contributed by atoms with Crippen molar-refractivity contribution in [2.75, 3.05) is 18.8 Å². The maximum Gasteiger partial charge on any atom is 0.166 e. The number of halogens is 1. The van der Waals surface area contributed by atoms with Gasteiger partial charge in [-0.25, -0.2) is 4.98 Å². The molecule has 5 rings (SSSR count). The van der Waals surface area contributed by atoms with E-state index in [4.69, 9.17) is 15.6 Å². The zero-order valence-corrected chi connectivity index (χ0v) is 17.2. The van der Waals surface area contributed by atoms with E-state index in [1.54, 1.807) is 18.6 Å². The number of anilines is 1. The van der Waals surface area contributed by atoms with Crippen molar-refractivity contribution in [3.05, 3.63) is 54.1 Å². The summed E-state index contributed by atoms with van der Waals surface area (Å²) < 4.78 is 8.24. The van der Waals surface area contributed by atoms with Gasteiger partial charge in [-0.15, -0.1) is 12.4 Å². The van der Waals surface area contributed by atoms with E-state index in [-0.39, 0.29) is 23.9 Å². The first-order valence-electron chi connectivity index (χ1n) is 9.76. The average molecular weight is 413 g/mol. The van der Waals surface area contributed by atoms with Crippen molar-refractivity contribution in [1.82, 2.24) is 25.1 Å². The van der Waals surface area contributed by atoms with Crippen LogP contribution in [0.5, 0.6) is 5.75 Å². The predicted octanol–water partition coefficient (Wildman–Crippen LogP) is 3.12. The highest BCUT2D eigenvalue weighted by molar-refractivity contribution is 5.85. The Kier molecular flexibility index (Phi) is 5.19. The molecule has 0 saturated carbocycles. The van der Waals surface area contributed by atoms with Crippen molar-refractivity contribution < 1.29 is 4.74 Å². The maximum atomic E-state index is 6.09. The number of pyridine rings is 2. The van der Waals surface area contributed by atoms with Crippen LogP contribution < -0.4 is 15.8 Å². The quantitative estimate of drug-likeness (QED) is 0.684. The standard InChI is InChI=1S/C21H24N6O.ClH/c1-14(15-3-2-6-23-11-15)28-18-9-16(12-25-20(18)22)17-10-19-21(4-7-24-13-21)5-8-27(19)26-17;/h2-3,6,9-12,14,24H,4-5,7-8,13H2,1H3,(H2,22,25);1H. The summed E-state index contributed by atoms with van der Waals surface area (Å²) in [5.41, 5.74) is 10.5. The summed E-state index contributed by atoms with van der Waals surface area (Å²) in [5, 5.41) is 8.33. The number of nitrogens with one attached hydrogen (secondary N) is 1. The molecule has 1 saturated heterocycles. The Morgan fingerprint density at radius 2 is 2.17 bits per heavy atom. The molecule has 0 aliphatic carbocycles. The number of aryl methyl sites for hydroxylation is 1. The SMILES string of the molecule is CC(Oc1cc(-c2cc3n(n2)CCC32CCNC2)cnc1N)c1cccnc1.Cl. The van der Waals surface area contributed by atoms with Gasteiger partial charge in [-0.1, -0.05) is 6.07 Å². The number of hydrogen-bond donors (Lipinski definition) is 2. The minimum absolute atomic E-state index is 0. The van der Waals surface area contributed by atoms with E-state index in [9.17, 15) is 0 Å². The molecule has 0 aromatic carbocycles. The summed E-state index contributed by atoms with van der Waals surface area (Å²) in [6, 6.07) is 8.03. The molecule has 5 heterocycles. The Morgan fingerprint density at radius 1 is 1.28 bits per heavy atom. The lowest BCUT2D eigenvalue weighted by Crippen LogP contribution is -2.25. The Hall–Kier alpha value is -2.64. The number of hydrogen-bond acceptors (Lipinski definition) is 6. The minimum atomic E-state index is -0.173. The lowest BCUT2D eigenvalue weighted by molar-refractivity contribution is 0.227. The van der Waals surface area contributed by atoms with E-state index in [2.05, 4.69) is 26.0 Å². The molecular formula is C21H25ClN6O. The minimum Gasteiger partial charge on any atom is -0.482 e. The lowest BCUT2D eigenvalue weighted by Gasteiger charge is -2.20. The van der Waals surface area contributed by atoms with Gasteiger partial charge in [0.15, 0.2) is 11.6 Å². The predicted molar refractivity (Wildman–Crippen MR) is 114 cm³/mol. The lowest BCUT2D eigenvalue weighted by atomic mass is 9.82. The van der Waals surface area contributed by atoms with Crippen molar-refractivity contribution >= 4 is 18.2 Å². The summed E-state index contributed by atoms with van der Waals surface area (Å²) in [4.78, 5) is 8.50. The van der Waals surface area contributed by atoms with E-state index >= 15 is 0 Å². The van der Waals surface area contributed by atoms with Gasteiger partial charge >= 0.3 is 0 Å². The van der Waals surface area contributed by atoms with Crippen LogP contribution in [0.1, 0.15) is 37.1 Å². The number of ether oxygens (including phenoxy) is 1. The summed E-state index contributed by atoms with van der Waals surface area (Å²) in [5.74, 6) is 0.946. The van der Waals surface area contributed by atoms with E-state index in [0.29, 0.717) is 11.6 Å². The van der Waals surface area contributed by atoms with Crippen molar-refractivity contribution in [3.8, 4) is 17.0 Å². The molecule has 0 amide bonds. The second-order valence-electron chi connectivity index (χ2n) is 7.75. The zero-order valence-electron chi connectivity index (χ0n) is 16.3. The second-order valence-corrected chi connectivity index (χ2v) is 7.75. The molecule has 2 aliphatic rings. The van der Waals surface area contributed by atoms with Crippen molar-refractivity contribution in [3.63, 3.8) is 0 Å². The molecule has 3 aromatic heterocycles. The fourth-order valence-corrected chi connectivity index (χ4v) is 4.34. The first-order valence-corrected chi connectivity index (χ1v) is 9.76. The molecule has 7 nitrogen and oxygen atoms in total. The van der Waals surface area contributed by atoms with Crippen LogP contribution in [0.4, 0.5) is 5.82 Å². The van der Waals surface area contributed by atoms with Crippen LogP contribution in [0.25, 0.3) is 11.3 Å². The van der Waals surface area contributed by atoms with Gasteiger partial charge in [0.25, 0.3) is 0 Å². The Bertz CT molecular complexity index is 1000. The third-order valence-electron chi connectivity index (χ3n) is 6.00. The molecule has 1 spiro atoms. The molecule has 2 aliphatic heterocycles. The molecule has 0 radical (unpaired) electrons. The molecule has 29 heavy (non-hydrogen) atoms. The Balaban J connectivity index is 0.00000205. The van der Waals surface area contributed by atoms with Crippen LogP contribution in [0.3, 0.4) is 0 Å². The molecule has 1 fully saturated rings. The molecule has 8 heteroatoms. The van der Waals surface area contributed by atoms with Gasteiger partial charge in [-0.2, -0.15) is 5.10 Å².